The van der Waals surface area contributed by atoms with E-state index in [-0.39, 0.29) is 31.0 Å². The molecule has 2 aromatic rings. The maximum absolute atomic E-state index is 12.3. The molecule has 0 bridgehead atoms. The van der Waals surface area contributed by atoms with Crippen LogP contribution in [-0.2, 0) is 28.9 Å². The smallest absolute Gasteiger partial charge is 0.242 e. The molecular formula is C21H21ClN2O3. The number of nitrogens with one attached hydrogen (secondary N) is 2. The number of hydrogen-bond acceptors (Lipinski definition) is 3. The number of fused-ring (bicyclic) bond motifs is 1. The minimum absolute atomic E-state index is 0.0249. The Bertz CT molecular complexity index is 862. The van der Waals surface area contributed by atoms with Crippen LogP contribution in [0.2, 0.25) is 5.02 Å². The number of benzene rings is 2. The fraction of sp³-hybridized carbons (Fsp3) is 0.286. The van der Waals surface area contributed by atoms with Crippen LogP contribution in [0.3, 0.4) is 0 Å². The third-order valence-corrected chi connectivity index (χ3v) is 4.87. The lowest BCUT2D eigenvalue weighted by Gasteiger charge is -2.08. The summed E-state index contributed by atoms with van der Waals surface area (Å²) >= 11 is 5.80. The van der Waals surface area contributed by atoms with Crippen molar-refractivity contribution in [1.29, 1.82) is 0 Å². The highest BCUT2D eigenvalue weighted by Crippen LogP contribution is 2.23. The Morgan fingerprint density at radius 2 is 1.56 bits per heavy atom. The molecule has 0 aromatic heterocycles. The van der Waals surface area contributed by atoms with E-state index in [1.165, 1.54) is 11.1 Å². The number of carbonyl (C=O) groups is 3. The predicted molar refractivity (Wildman–Crippen MR) is 103 cm³/mol. The number of Topliss-reactive ketones (excluding diaryl/α,β-unsaturated/α-hetero) is 1. The molecule has 2 aromatic carbocycles. The van der Waals surface area contributed by atoms with Crippen molar-refractivity contribution in [2.45, 2.75) is 38.5 Å². The molecule has 27 heavy (non-hydrogen) atoms. The molecular weight excluding hydrogens is 364 g/mol. The summed E-state index contributed by atoms with van der Waals surface area (Å²) in [6.45, 7) is 0. The first-order chi connectivity index (χ1) is 13.0. The van der Waals surface area contributed by atoms with Gasteiger partial charge in [0.05, 0.1) is 6.42 Å². The van der Waals surface area contributed by atoms with Gasteiger partial charge in [0.1, 0.15) is 0 Å². The van der Waals surface area contributed by atoms with Crippen molar-refractivity contribution in [2.75, 3.05) is 0 Å². The number of amides is 2. The van der Waals surface area contributed by atoms with E-state index in [0.29, 0.717) is 10.6 Å². The van der Waals surface area contributed by atoms with Gasteiger partial charge in [-0.25, -0.2) is 0 Å². The minimum Gasteiger partial charge on any atom is -0.294 e. The van der Waals surface area contributed by atoms with Crippen LogP contribution >= 0.6 is 11.6 Å². The van der Waals surface area contributed by atoms with Crippen molar-refractivity contribution < 1.29 is 14.4 Å². The van der Waals surface area contributed by atoms with E-state index < -0.39 is 5.91 Å². The molecule has 0 aliphatic heterocycles. The quantitative estimate of drug-likeness (QED) is 0.593. The van der Waals surface area contributed by atoms with Gasteiger partial charge in [-0.3, -0.25) is 25.2 Å². The van der Waals surface area contributed by atoms with Gasteiger partial charge in [-0.15, -0.1) is 0 Å². The molecule has 0 radical (unpaired) electrons. The zero-order chi connectivity index (χ0) is 19.2. The lowest BCUT2D eigenvalue weighted by atomic mass is 10.0. The molecule has 5 nitrogen and oxygen atoms in total. The Hall–Kier alpha value is -2.66. The van der Waals surface area contributed by atoms with Gasteiger partial charge < -0.3 is 0 Å². The van der Waals surface area contributed by atoms with Gasteiger partial charge in [0.25, 0.3) is 0 Å². The largest absolute Gasteiger partial charge is 0.294 e. The second-order valence-electron chi connectivity index (χ2n) is 6.66. The van der Waals surface area contributed by atoms with Crippen molar-refractivity contribution >= 4 is 29.2 Å². The number of carbonyl (C=O) groups excluding carboxylic acids is 3. The van der Waals surface area contributed by atoms with Crippen LogP contribution in [0.25, 0.3) is 0 Å². The van der Waals surface area contributed by atoms with Gasteiger partial charge in [0.2, 0.25) is 11.8 Å². The maximum atomic E-state index is 12.3. The predicted octanol–water partition coefficient (Wildman–Crippen LogP) is 3.18. The fourth-order valence-electron chi connectivity index (χ4n) is 3.15. The van der Waals surface area contributed by atoms with Gasteiger partial charge in [-0.1, -0.05) is 35.9 Å². The molecule has 1 aliphatic carbocycles. The molecule has 0 fully saturated rings. The summed E-state index contributed by atoms with van der Waals surface area (Å²) in [7, 11) is 0. The molecule has 3 rings (SSSR count). The summed E-state index contributed by atoms with van der Waals surface area (Å²) in [6.07, 6.45) is 3.48. The summed E-state index contributed by atoms with van der Waals surface area (Å²) in [4.78, 5) is 36.0. The number of aryl methyl sites for hydroxylation is 2. The molecule has 0 saturated heterocycles. The van der Waals surface area contributed by atoms with Gasteiger partial charge in [-0.2, -0.15) is 0 Å². The van der Waals surface area contributed by atoms with Crippen LogP contribution in [0.15, 0.2) is 42.5 Å². The molecule has 1 aliphatic rings. The third-order valence-electron chi connectivity index (χ3n) is 4.62. The van der Waals surface area contributed by atoms with E-state index in [9.17, 15) is 14.4 Å². The van der Waals surface area contributed by atoms with Crippen LogP contribution in [-0.4, -0.2) is 17.6 Å². The highest BCUT2D eigenvalue weighted by molar-refractivity contribution is 6.30. The lowest BCUT2D eigenvalue weighted by molar-refractivity contribution is -0.128. The summed E-state index contributed by atoms with van der Waals surface area (Å²) in [5.41, 5.74) is 8.69. The lowest BCUT2D eigenvalue weighted by Crippen LogP contribution is -2.42. The molecule has 0 unspecified atom stereocenters. The normalized spacial score (nSPS) is 12.3. The Kier molecular flexibility index (Phi) is 6.24. The molecule has 0 saturated carbocycles. The number of halogens is 1. The minimum atomic E-state index is -0.394. The Labute approximate surface area is 163 Å². The Morgan fingerprint density at radius 3 is 2.33 bits per heavy atom. The summed E-state index contributed by atoms with van der Waals surface area (Å²) < 4.78 is 0. The Balaban J connectivity index is 1.40. The zero-order valence-corrected chi connectivity index (χ0v) is 15.6. The van der Waals surface area contributed by atoms with Gasteiger partial charge >= 0.3 is 0 Å². The van der Waals surface area contributed by atoms with Crippen molar-refractivity contribution in [3.63, 3.8) is 0 Å². The van der Waals surface area contributed by atoms with E-state index in [1.807, 2.05) is 18.2 Å². The Morgan fingerprint density at radius 1 is 0.852 bits per heavy atom. The highest BCUT2D eigenvalue weighted by Gasteiger charge is 2.15. The SMILES string of the molecule is O=C(CCC(=O)c1ccc2c(c1)CCC2)NNC(=O)Cc1ccc(Cl)cc1. The molecule has 6 heteroatoms. The van der Waals surface area contributed by atoms with E-state index in [1.54, 1.807) is 24.3 Å². The van der Waals surface area contributed by atoms with Crippen LogP contribution in [0, 0.1) is 0 Å². The molecule has 0 spiro atoms. The first-order valence-corrected chi connectivity index (χ1v) is 9.36. The monoisotopic (exact) mass is 384 g/mol. The van der Waals surface area contributed by atoms with E-state index in [0.717, 1.165) is 24.8 Å². The van der Waals surface area contributed by atoms with Crippen LogP contribution < -0.4 is 10.9 Å². The zero-order valence-electron chi connectivity index (χ0n) is 14.9. The average Bonchev–Trinajstić information content (AvgIpc) is 3.14. The summed E-state index contributed by atoms with van der Waals surface area (Å²) in [5.74, 6) is -0.795. The van der Waals surface area contributed by atoms with Crippen molar-refractivity contribution in [3.8, 4) is 0 Å². The van der Waals surface area contributed by atoms with Gasteiger partial charge in [0.15, 0.2) is 5.78 Å². The van der Waals surface area contributed by atoms with E-state index in [2.05, 4.69) is 10.9 Å². The topological polar surface area (TPSA) is 75.3 Å². The van der Waals surface area contributed by atoms with Gasteiger partial charge in [0, 0.05) is 23.4 Å². The summed E-state index contributed by atoms with van der Waals surface area (Å²) in [5, 5.41) is 0.598. The molecule has 2 amide bonds. The first-order valence-electron chi connectivity index (χ1n) is 8.98. The molecule has 0 heterocycles. The van der Waals surface area contributed by atoms with Crippen LogP contribution in [0.4, 0.5) is 0 Å². The maximum Gasteiger partial charge on any atom is 0.242 e. The number of hydrazine groups is 1. The van der Waals surface area contributed by atoms with Crippen molar-refractivity contribution in [2.24, 2.45) is 0 Å². The second-order valence-corrected chi connectivity index (χ2v) is 7.10. The third kappa shape index (κ3) is 5.41. The van der Waals surface area contributed by atoms with Crippen molar-refractivity contribution in [1.82, 2.24) is 10.9 Å². The average molecular weight is 385 g/mol. The second kappa shape index (κ2) is 8.82. The van der Waals surface area contributed by atoms with Crippen molar-refractivity contribution in [3.05, 3.63) is 69.7 Å². The van der Waals surface area contributed by atoms with E-state index >= 15 is 0 Å². The molecule has 140 valence electrons. The standard InChI is InChI=1S/C21H21ClN2O3/c22-18-8-4-14(5-9-18)12-21(27)24-23-20(26)11-10-19(25)17-7-6-15-2-1-3-16(15)13-17/h4-9,13H,1-3,10-12H2,(H,23,26)(H,24,27). The fourth-order valence-corrected chi connectivity index (χ4v) is 3.28. The number of hydrogen-bond donors (Lipinski definition) is 2. The molecule has 2 N–H and O–H groups in total. The number of rotatable bonds is 6. The highest BCUT2D eigenvalue weighted by atomic mass is 35.5. The summed E-state index contributed by atoms with van der Waals surface area (Å²) in [6, 6.07) is 12.7. The van der Waals surface area contributed by atoms with Crippen LogP contribution in [0.5, 0.6) is 0 Å². The van der Waals surface area contributed by atoms with Gasteiger partial charge in [-0.05, 0) is 54.2 Å². The van der Waals surface area contributed by atoms with Crippen LogP contribution in [0.1, 0.15) is 46.3 Å². The van der Waals surface area contributed by atoms with E-state index in [4.69, 9.17) is 11.6 Å². The molecule has 0 atom stereocenters. The first kappa shape index (κ1) is 19.1. The number of ketones is 1.